The number of rotatable bonds is 5. The van der Waals surface area contributed by atoms with Crippen LogP contribution in [0.3, 0.4) is 0 Å². The van der Waals surface area contributed by atoms with Crippen molar-refractivity contribution in [2.75, 3.05) is 0 Å². The van der Waals surface area contributed by atoms with Crippen molar-refractivity contribution in [1.82, 2.24) is 0 Å². The average molecular weight is 344 g/mol. The molecule has 0 amide bonds. The van der Waals surface area contributed by atoms with Gasteiger partial charge in [0, 0.05) is 30.3 Å². The van der Waals surface area contributed by atoms with Gasteiger partial charge in [-0.15, -0.1) is 0 Å². The molecule has 136 valence electrons. The van der Waals surface area contributed by atoms with E-state index in [1.807, 2.05) is 13.8 Å². The normalized spacial score (nSPS) is 43.8. The molecule has 5 heteroatoms. The van der Waals surface area contributed by atoms with E-state index in [1.54, 1.807) is 6.92 Å². The van der Waals surface area contributed by atoms with Crippen molar-refractivity contribution in [3.05, 3.63) is 12.2 Å². The van der Waals surface area contributed by atoms with Crippen LogP contribution >= 0.6 is 0 Å². The summed E-state index contributed by atoms with van der Waals surface area (Å²) >= 11 is 0. The second-order valence-corrected chi connectivity index (χ2v) is 8.66. The minimum Gasteiger partial charge on any atom is -0.455 e. The molecule has 4 rings (SSSR count). The molecule has 4 aliphatic rings. The Morgan fingerprint density at radius 1 is 0.958 bits per heavy atom. The number of carbonyl (C=O) groups excluding carboxylic acids is 1. The van der Waals surface area contributed by atoms with Crippen molar-refractivity contribution >= 4 is 5.97 Å². The van der Waals surface area contributed by atoms with E-state index in [4.69, 9.17) is 4.74 Å². The molecule has 0 N–H and O–H groups in total. The number of ether oxygens (including phenoxy) is 1. The first kappa shape index (κ1) is 17.8. The summed E-state index contributed by atoms with van der Waals surface area (Å²) in [5, 5.41) is 0. The molecule has 2 nitrogen and oxygen atoms in total. The van der Waals surface area contributed by atoms with Crippen LogP contribution in [0.1, 0.15) is 72.1 Å². The van der Waals surface area contributed by atoms with Gasteiger partial charge in [-0.1, -0.05) is 20.4 Å². The van der Waals surface area contributed by atoms with Crippen molar-refractivity contribution in [3.8, 4) is 0 Å². The Kier molecular flexibility index (Phi) is 3.72. The zero-order chi connectivity index (χ0) is 18.0. The first-order valence-corrected chi connectivity index (χ1v) is 8.90. The lowest BCUT2D eigenvalue weighted by Gasteiger charge is -2.67. The van der Waals surface area contributed by atoms with Gasteiger partial charge in [0.1, 0.15) is 22.6 Å². The van der Waals surface area contributed by atoms with Crippen LogP contribution in [0, 0.1) is 5.41 Å². The summed E-state index contributed by atoms with van der Waals surface area (Å²) in [5.74, 6) is -0.567. The van der Waals surface area contributed by atoms with Crippen molar-refractivity contribution in [3.63, 3.8) is 0 Å². The Hall–Kier alpha value is -1.00. The molecule has 0 aromatic carbocycles. The standard InChI is InChI=1S/C19H27F3O2/c1-5-19(6-2,24-14(23)13(3)4)15-7-16(20)10-17(21,8-15)12-18(22,9-15)11-16/h3,5-12H2,1-2,4H3. The van der Waals surface area contributed by atoms with E-state index in [0.717, 1.165) is 0 Å². The summed E-state index contributed by atoms with van der Waals surface area (Å²) in [4.78, 5) is 12.2. The van der Waals surface area contributed by atoms with Gasteiger partial charge in [-0.3, -0.25) is 0 Å². The molecule has 0 heterocycles. The van der Waals surface area contributed by atoms with Crippen molar-refractivity contribution < 1.29 is 22.7 Å². The Morgan fingerprint density at radius 2 is 1.33 bits per heavy atom. The zero-order valence-corrected chi connectivity index (χ0v) is 14.8. The summed E-state index contributed by atoms with van der Waals surface area (Å²) in [6, 6.07) is 0. The highest BCUT2D eigenvalue weighted by atomic mass is 19.2. The van der Waals surface area contributed by atoms with E-state index in [2.05, 4.69) is 6.58 Å². The van der Waals surface area contributed by atoms with Gasteiger partial charge >= 0.3 is 5.97 Å². The summed E-state index contributed by atoms with van der Waals surface area (Å²) in [5.41, 5.74) is -7.34. The molecule has 0 spiro atoms. The zero-order valence-electron chi connectivity index (χ0n) is 14.8. The molecule has 0 aromatic heterocycles. The molecule has 4 fully saturated rings. The third-order valence-electron chi connectivity index (χ3n) is 6.61. The molecule has 4 aliphatic carbocycles. The Labute approximate surface area is 141 Å². The first-order valence-electron chi connectivity index (χ1n) is 8.90. The molecular formula is C19H27F3O2. The number of halogens is 3. The van der Waals surface area contributed by atoms with Gasteiger partial charge in [0.05, 0.1) is 0 Å². The summed E-state index contributed by atoms with van der Waals surface area (Å²) in [6.07, 6.45) is 0.338. The Balaban J connectivity index is 2.07. The minimum atomic E-state index is -1.84. The Morgan fingerprint density at radius 3 is 1.62 bits per heavy atom. The Bertz CT molecular complexity index is 528. The maximum absolute atomic E-state index is 15.3. The third kappa shape index (κ3) is 2.41. The van der Waals surface area contributed by atoms with Gasteiger partial charge in [0.2, 0.25) is 0 Å². The van der Waals surface area contributed by atoms with E-state index in [1.165, 1.54) is 0 Å². The van der Waals surface area contributed by atoms with E-state index in [0.29, 0.717) is 12.8 Å². The van der Waals surface area contributed by atoms with Gasteiger partial charge in [-0.05, 0) is 39.0 Å². The maximum Gasteiger partial charge on any atom is 0.333 e. The van der Waals surface area contributed by atoms with Crippen LogP contribution in [0.25, 0.3) is 0 Å². The van der Waals surface area contributed by atoms with Crippen LogP contribution in [0.4, 0.5) is 13.2 Å². The number of alkyl halides is 3. The molecule has 4 bridgehead atoms. The van der Waals surface area contributed by atoms with Crippen molar-refractivity contribution in [2.24, 2.45) is 5.41 Å². The summed E-state index contributed by atoms with van der Waals surface area (Å²) in [7, 11) is 0. The third-order valence-corrected chi connectivity index (χ3v) is 6.61. The van der Waals surface area contributed by atoms with Crippen LogP contribution < -0.4 is 0 Å². The van der Waals surface area contributed by atoms with Gasteiger partial charge < -0.3 is 4.74 Å². The van der Waals surface area contributed by atoms with Crippen LogP contribution in [-0.4, -0.2) is 28.6 Å². The highest BCUT2D eigenvalue weighted by Gasteiger charge is 2.75. The van der Waals surface area contributed by atoms with Gasteiger partial charge in [-0.2, -0.15) is 0 Å². The second-order valence-electron chi connectivity index (χ2n) is 8.66. The fourth-order valence-electron chi connectivity index (χ4n) is 6.27. The molecule has 0 unspecified atom stereocenters. The van der Waals surface area contributed by atoms with Gasteiger partial charge in [0.25, 0.3) is 0 Å². The van der Waals surface area contributed by atoms with Crippen LogP contribution in [0.15, 0.2) is 12.2 Å². The highest BCUT2D eigenvalue weighted by Crippen LogP contribution is 2.72. The van der Waals surface area contributed by atoms with E-state index in [9.17, 15) is 4.79 Å². The minimum absolute atomic E-state index is 0.0719. The maximum atomic E-state index is 15.3. The van der Waals surface area contributed by atoms with Crippen LogP contribution in [-0.2, 0) is 9.53 Å². The van der Waals surface area contributed by atoms with Crippen LogP contribution in [0.2, 0.25) is 0 Å². The van der Waals surface area contributed by atoms with Crippen molar-refractivity contribution in [2.45, 2.75) is 94.7 Å². The van der Waals surface area contributed by atoms with Crippen LogP contribution in [0.5, 0.6) is 0 Å². The number of esters is 1. The molecule has 0 saturated heterocycles. The fraction of sp³-hybridized carbons (Fsp3) is 0.842. The predicted octanol–water partition coefficient (Wildman–Crippen LogP) is 5.16. The first-order chi connectivity index (χ1) is 10.9. The lowest BCUT2D eigenvalue weighted by molar-refractivity contribution is -0.273. The fourth-order valence-corrected chi connectivity index (χ4v) is 6.27. The molecule has 4 saturated carbocycles. The van der Waals surface area contributed by atoms with E-state index in [-0.39, 0.29) is 44.1 Å². The number of hydrogen-bond acceptors (Lipinski definition) is 2. The summed E-state index contributed by atoms with van der Waals surface area (Å²) in [6.45, 7) is 8.83. The number of carbonyl (C=O) groups is 1. The van der Waals surface area contributed by atoms with E-state index < -0.39 is 34.0 Å². The monoisotopic (exact) mass is 344 g/mol. The second kappa shape index (κ2) is 5.01. The summed E-state index contributed by atoms with van der Waals surface area (Å²) < 4.78 is 51.6. The van der Waals surface area contributed by atoms with Gasteiger partial charge in [0.15, 0.2) is 0 Å². The predicted molar refractivity (Wildman–Crippen MR) is 85.9 cm³/mol. The van der Waals surface area contributed by atoms with E-state index >= 15 is 13.2 Å². The lowest BCUT2D eigenvalue weighted by atomic mass is 9.42. The molecule has 0 atom stereocenters. The highest BCUT2D eigenvalue weighted by molar-refractivity contribution is 5.87. The van der Waals surface area contributed by atoms with Crippen molar-refractivity contribution in [1.29, 1.82) is 0 Å². The quantitative estimate of drug-likeness (QED) is 0.509. The largest absolute Gasteiger partial charge is 0.455 e. The molecule has 24 heavy (non-hydrogen) atoms. The number of hydrogen-bond donors (Lipinski definition) is 0. The SMILES string of the molecule is C=C(C)C(=O)OC(CC)(CC)C12CC3(F)CC(F)(CC(F)(C3)C1)C2. The van der Waals surface area contributed by atoms with Gasteiger partial charge in [-0.25, -0.2) is 18.0 Å². The molecule has 0 aliphatic heterocycles. The molecular weight excluding hydrogens is 317 g/mol. The molecule has 0 radical (unpaired) electrons. The molecule has 0 aromatic rings. The smallest absolute Gasteiger partial charge is 0.333 e. The average Bonchev–Trinajstić information content (AvgIpc) is 2.38. The lowest BCUT2D eigenvalue weighted by Crippen LogP contribution is -2.71. The topological polar surface area (TPSA) is 26.3 Å².